The summed E-state index contributed by atoms with van der Waals surface area (Å²) in [5.74, 6) is -4.49. The minimum absolute atomic E-state index is 0.0997. The van der Waals surface area contributed by atoms with Crippen LogP contribution in [0.25, 0.3) is 0 Å². The Hall–Kier alpha value is -5.26. The summed E-state index contributed by atoms with van der Waals surface area (Å²) in [6, 6.07) is 17.6. The number of fused-ring (bicyclic) bond motifs is 2. The molecule has 10 rings (SSSR count). The second kappa shape index (κ2) is 15.5. The molecule has 0 radical (unpaired) electrons. The lowest BCUT2D eigenvalue weighted by Gasteiger charge is -2.32. The molecule has 0 bridgehead atoms. The molecule has 4 aliphatic carbocycles. The summed E-state index contributed by atoms with van der Waals surface area (Å²) >= 11 is 0. The Morgan fingerprint density at radius 2 is 0.983 bits per heavy atom. The zero-order valence-corrected chi connectivity index (χ0v) is 32.1. The molecule has 6 aliphatic rings. The maximum Gasteiger partial charge on any atom is 0.307 e. The van der Waals surface area contributed by atoms with Crippen LogP contribution in [0, 0.1) is 35.1 Å². The maximum atomic E-state index is 14.5. The number of carboxylic acids is 2. The lowest BCUT2D eigenvalue weighted by molar-refractivity contribution is -0.139. The molecule has 304 valence electrons. The molecular weight excluding hydrogens is 753 g/mol. The molecule has 4 atom stereocenters. The summed E-state index contributed by atoms with van der Waals surface area (Å²) in [4.78, 5) is 26.0. The van der Waals surface area contributed by atoms with Crippen molar-refractivity contribution in [2.24, 2.45) is 11.8 Å². The zero-order valence-electron chi connectivity index (χ0n) is 32.1. The van der Waals surface area contributed by atoms with Gasteiger partial charge in [0.2, 0.25) is 0 Å². The fourth-order valence-electron chi connectivity index (χ4n) is 8.75. The van der Waals surface area contributed by atoms with Crippen LogP contribution in [0.1, 0.15) is 96.6 Å². The van der Waals surface area contributed by atoms with Crippen molar-refractivity contribution in [2.75, 3.05) is 22.9 Å². The summed E-state index contributed by atoms with van der Waals surface area (Å²) in [6.07, 6.45) is 9.06. The fraction of sp³-hybridized carbons (Fsp3) is 0.435. The standard InChI is InChI=1S/2C23H23F2NO3/c2*24-20-9-17(29-16-2-1-3-16)10-21(22(20)25)26-7-6-13-8-14(4-5-15(13)12-26)18-11-19(18)23(27)28/h2*4-5,8-10,16,18-19H,1-3,6-7,11-12H2,(H,27,28)/t2*18-,19+/m10/s1. The Morgan fingerprint density at radius 3 is 1.33 bits per heavy atom. The molecule has 4 aromatic rings. The van der Waals surface area contributed by atoms with E-state index >= 15 is 0 Å². The van der Waals surface area contributed by atoms with E-state index < -0.39 is 35.2 Å². The minimum Gasteiger partial charge on any atom is -0.490 e. The molecule has 4 fully saturated rings. The molecule has 2 aliphatic heterocycles. The number of benzene rings is 4. The van der Waals surface area contributed by atoms with E-state index in [4.69, 9.17) is 19.7 Å². The average Bonchev–Trinajstić information content (AvgIpc) is 4.12. The van der Waals surface area contributed by atoms with Crippen LogP contribution in [0.5, 0.6) is 11.5 Å². The lowest BCUT2D eigenvalue weighted by atomic mass is 9.95. The first-order valence-corrected chi connectivity index (χ1v) is 20.5. The SMILES string of the molecule is O=C(O)[C@@H]1C[C@H]1c1ccc2c(c1)CCN(c1cc(OC3CCC3)cc(F)c1F)C2.O=C(O)[C@H]1C[C@@H]1c1ccc2c(c1)CCN(c1cc(OC3CCC3)cc(F)c1F)C2. The van der Waals surface area contributed by atoms with Gasteiger partial charge in [-0.3, -0.25) is 9.59 Å². The normalized spacial score (nSPS) is 23.3. The van der Waals surface area contributed by atoms with E-state index in [0.717, 1.165) is 84.0 Å². The third kappa shape index (κ3) is 7.82. The molecule has 58 heavy (non-hydrogen) atoms. The van der Waals surface area contributed by atoms with Gasteiger partial charge >= 0.3 is 11.9 Å². The number of nitrogens with zero attached hydrogens (tertiary/aromatic N) is 2. The average molecular weight is 799 g/mol. The van der Waals surface area contributed by atoms with Crippen molar-refractivity contribution in [3.05, 3.63) is 117 Å². The predicted molar refractivity (Wildman–Crippen MR) is 209 cm³/mol. The maximum absolute atomic E-state index is 14.5. The second-order valence-electron chi connectivity index (χ2n) is 16.8. The Labute approximate surface area is 334 Å². The molecule has 0 spiro atoms. The van der Waals surface area contributed by atoms with Crippen LogP contribution >= 0.6 is 0 Å². The Morgan fingerprint density at radius 1 is 0.569 bits per heavy atom. The van der Waals surface area contributed by atoms with Gasteiger partial charge in [0.25, 0.3) is 0 Å². The number of carbonyl (C=O) groups is 2. The number of carboxylic acid groups (broad SMARTS) is 2. The highest BCUT2D eigenvalue weighted by molar-refractivity contribution is 5.76. The molecule has 0 amide bonds. The van der Waals surface area contributed by atoms with Gasteiger partial charge in [0.15, 0.2) is 23.3 Å². The largest absolute Gasteiger partial charge is 0.490 e. The van der Waals surface area contributed by atoms with Crippen molar-refractivity contribution in [1.29, 1.82) is 0 Å². The van der Waals surface area contributed by atoms with Gasteiger partial charge in [-0.25, -0.2) is 17.6 Å². The van der Waals surface area contributed by atoms with Gasteiger partial charge in [0, 0.05) is 50.4 Å². The first-order valence-electron chi connectivity index (χ1n) is 20.5. The summed E-state index contributed by atoms with van der Waals surface area (Å²) < 4.78 is 69.0. The highest BCUT2D eigenvalue weighted by atomic mass is 19.2. The molecule has 0 aromatic heterocycles. The van der Waals surface area contributed by atoms with E-state index in [0.29, 0.717) is 63.4 Å². The topological polar surface area (TPSA) is 99.5 Å². The first kappa shape index (κ1) is 38.3. The summed E-state index contributed by atoms with van der Waals surface area (Å²) in [5, 5.41) is 18.3. The molecule has 8 nitrogen and oxygen atoms in total. The third-order valence-electron chi connectivity index (χ3n) is 12.9. The quantitative estimate of drug-likeness (QED) is 0.153. The molecule has 12 heteroatoms. The van der Waals surface area contributed by atoms with Crippen LogP contribution in [0.2, 0.25) is 0 Å². The Bertz CT molecular complexity index is 2100. The fourth-order valence-corrected chi connectivity index (χ4v) is 8.75. The highest BCUT2D eigenvalue weighted by Crippen LogP contribution is 2.49. The molecule has 0 unspecified atom stereocenters. The van der Waals surface area contributed by atoms with Crippen LogP contribution in [0.15, 0.2) is 60.7 Å². The van der Waals surface area contributed by atoms with E-state index in [1.165, 1.54) is 0 Å². The monoisotopic (exact) mass is 798 g/mol. The summed E-state index contributed by atoms with van der Waals surface area (Å²) in [6.45, 7) is 2.14. The smallest absolute Gasteiger partial charge is 0.307 e. The summed E-state index contributed by atoms with van der Waals surface area (Å²) in [7, 11) is 0. The van der Waals surface area contributed by atoms with Crippen LogP contribution in [-0.2, 0) is 35.5 Å². The van der Waals surface area contributed by atoms with Gasteiger partial charge < -0.3 is 29.5 Å². The van der Waals surface area contributed by atoms with Crippen LogP contribution in [0.3, 0.4) is 0 Å². The molecule has 0 saturated heterocycles. The number of halogens is 4. The Kier molecular flexibility index (Phi) is 10.2. The number of aliphatic carboxylic acids is 2. The zero-order chi connectivity index (χ0) is 40.2. The minimum atomic E-state index is -0.883. The van der Waals surface area contributed by atoms with Crippen LogP contribution in [-0.4, -0.2) is 47.4 Å². The number of hydrogen-bond acceptors (Lipinski definition) is 6. The van der Waals surface area contributed by atoms with Crippen LogP contribution < -0.4 is 19.3 Å². The Balaban J connectivity index is 0.000000150. The van der Waals surface area contributed by atoms with Crippen molar-refractivity contribution < 1.29 is 46.8 Å². The first-order chi connectivity index (χ1) is 28.0. The second-order valence-corrected chi connectivity index (χ2v) is 16.8. The number of hydrogen-bond donors (Lipinski definition) is 2. The van der Waals surface area contributed by atoms with Crippen molar-refractivity contribution in [2.45, 2.75) is 101 Å². The van der Waals surface area contributed by atoms with E-state index in [-0.39, 0.29) is 47.3 Å². The van der Waals surface area contributed by atoms with E-state index in [9.17, 15) is 27.2 Å². The lowest BCUT2D eigenvalue weighted by Crippen LogP contribution is -2.31. The number of rotatable bonds is 10. The predicted octanol–water partition coefficient (Wildman–Crippen LogP) is 9.29. The number of anilines is 2. The van der Waals surface area contributed by atoms with Crippen molar-refractivity contribution >= 4 is 23.3 Å². The van der Waals surface area contributed by atoms with Gasteiger partial charge in [0.1, 0.15) is 11.5 Å². The van der Waals surface area contributed by atoms with Gasteiger partial charge in [-0.2, -0.15) is 0 Å². The van der Waals surface area contributed by atoms with Gasteiger partial charge in [-0.15, -0.1) is 0 Å². The van der Waals surface area contributed by atoms with Gasteiger partial charge in [-0.05, 0) is 109 Å². The van der Waals surface area contributed by atoms with E-state index in [1.54, 1.807) is 12.1 Å². The molecule has 2 heterocycles. The third-order valence-corrected chi connectivity index (χ3v) is 12.9. The number of ether oxygens (including phenoxy) is 2. The summed E-state index contributed by atoms with van der Waals surface area (Å²) in [5.41, 5.74) is 7.07. The van der Waals surface area contributed by atoms with Crippen molar-refractivity contribution in [3.8, 4) is 11.5 Å². The molecule has 4 aromatic carbocycles. The van der Waals surface area contributed by atoms with E-state index in [2.05, 4.69) is 12.1 Å². The molecular formula is C46H46F4N2O6. The van der Waals surface area contributed by atoms with Gasteiger partial charge in [0.05, 0.1) is 35.4 Å². The molecule has 2 N–H and O–H groups in total. The molecule has 4 saturated carbocycles. The van der Waals surface area contributed by atoms with Crippen molar-refractivity contribution in [1.82, 2.24) is 0 Å². The van der Waals surface area contributed by atoms with Crippen LogP contribution in [0.4, 0.5) is 28.9 Å². The highest BCUT2D eigenvalue weighted by Gasteiger charge is 2.45. The van der Waals surface area contributed by atoms with Crippen molar-refractivity contribution in [3.63, 3.8) is 0 Å². The van der Waals surface area contributed by atoms with E-state index in [1.807, 2.05) is 34.1 Å². The van der Waals surface area contributed by atoms with Gasteiger partial charge in [-0.1, -0.05) is 36.4 Å².